The van der Waals surface area contributed by atoms with E-state index in [1.165, 1.54) is 12.8 Å². The largest absolute Gasteiger partial charge is 0.464 e. The number of nitrogens with zero attached hydrogens (tertiary/aromatic N) is 1. The number of rotatable bonds is 12. The maximum atomic E-state index is 12.3. The van der Waals surface area contributed by atoms with E-state index in [0.717, 1.165) is 32.1 Å². The number of ether oxygens (including phenoxy) is 1. The van der Waals surface area contributed by atoms with Crippen molar-refractivity contribution in [2.24, 2.45) is 0 Å². The van der Waals surface area contributed by atoms with E-state index in [9.17, 15) is 9.59 Å². The molecule has 1 unspecified atom stereocenters. The van der Waals surface area contributed by atoms with Gasteiger partial charge in [0.25, 0.3) is 0 Å². The monoisotopic (exact) mass is 339 g/mol. The van der Waals surface area contributed by atoms with E-state index >= 15 is 0 Å². The van der Waals surface area contributed by atoms with Crippen molar-refractivity contribution in [3.63, 3.8) is 0 Å². The molecule has 1 aliphatic rings. The second-order valence-corrected chi connectivity index (χ2v) is 6.37. The standard InChI is InChI=1S/C19H33NO4/c1-2-3-4-5-6-7-8-9-13-18(22)20-14-10-12-17(20)19(23)24-16-11-15-21/h2-3,17,21H,4-16H2,1H3/b3-2+. The summed E-state index contributed by atoms with van der Waals surface area (Å²) in [5.74, 6) is -0.246. The van der Waals surface area contributed by atoms with Crippen LogP contribution in [0.15, 0.2) is 12.2 Å². The Bertz CT molecular complexity index is 395. The van der Waals surface area contributed by atoms with E-state index in [1.54, 1.807) is 4.90 Å². The van der Waals surface area contributed by atoms with Gasteiger partial charge in [0.05, 0.1) is 6.61 Å². The number of carbonyl (C=O) groups is 2. The summed E-state index contributed by atoms with van der Waals surface area (Å²) in [4.78, 5) is 26.1. The zero-order valence-electron chi connectivity index (χ0n) is 15.0. The first-order valence-electron chi connectivity index (χ1n) is 9.38. The van der Waals surface area contributed by atoms with Crippen molar-refractivity contribution < 1.29 is 19.4 Å². The minimum Gasteiger partial charge on any atom is -0.464 e. The van der Waals surface area contributed by atoms with Gasteiger partial charge in [-0.25, -0.2) is 4.79 Å². The Hall–Kier alpha value is -1.36. The Labute approximate surface area is 146 Å². The number of allylic oxidation sites excluding steroid dienone is 2. The number of aliphatic hydroxyl groups is 1. The van der Waals surface area contributed by atoms with Gasteiger partial charge in [-0.2, -0.15) is 0 Å². The van der Waals surface area contributed by atoms with Gasteiger partial charge in [-0.05, 0) is 39.0 Å². The Balaban J connectivity index is 2.19. The van der Waals surface area contributed by atoms with E-state index in [4.69, 9.17) is 9.84 Å². The lowest BCUT2D eigenvalue weighted by Gasteiger charge is -2.23. The van der Waals surface area contributed by atoms with E-state index in [-0.39, 0.29) is 25.1 Å². The molecule has 1 saturated heterocycles. The molecule has 0 saturated carbocycles. The predicted octanol–water partition coefficient (Wildman–Crippen LogP) is 3.21. The minimum absolute atomic E-state index is 0.00925. The van der Waals surface area contributed by atoms with Crippen LogP contribution in [-0.2, 0) is 14.3 Å². The molecule has 5 nitrogen and oxygen atoms in total. The van der Waals surface area contributed by atoms with E-state index in [0.29, 0.717) is 25.8 Å². The molecule has 1 amide bonds. The fourth-order valence-corrected chi connectivity index (χ4v) is 3.02. The van der Waals surface area contributed by atoms with Crippen molar-refractivity contribution in [1.82, 2.24) is 4.90 Å². The van der Waals surface area contributed by atoms with Crippen LogP contribution in [0.1, 0.15) is 71.1 Å². The van der Waals surface area contributed by atoms with Crippen LogP contribution in [0.4, 0.5) is 0 Å². The Morgan fingerprint density at radius 1 is 1.17 bits per heavy atom. The van der Waals surface area contributed by atoms with Crippen LogP contribution in [-0.4, -0.2) is 47.7 Å². The van der Waals surface area contributed by atoms with Gasteiger partial charge in [0, 0.05) is 26.0 Å². The molecule has 0 aliphatic carbocycles. The van der Waals surface area contributed by atoms with Gasteiger partial charge in [0.1, 0.15) is 6.04 Å². The number of unbranched alkanes of at least 4 members (excludes halogenated alkanes) is 5. The number of esters is 1. The Morgan fingerprint density at radius 3 is 2.67 bits per heavy atom. The molecule has 1 fully saturated rings. The maximum Gasteiger partial charge on any atom is 0.328 e. The molecule has 138 valence electrons. The molecular formula is C19H33NO4. The molecule has 0 spiro atoms. The van der Waals surface area contributed by atoms with Crippen LogP contribution >= 0.6 is 0 Å². The van der Waals surface area contributed by atoms with Crippen LogP contribution in [0.2, 0.25) is 0 Å². The lowest BCUT2D eigenvalue weighted by Crippen LogP contribution is -2.41. The number of aliphatic hydroxyl groups excluding tert-OH is 1. The highest BCUT2D eigenvalue weighted by Crippen LogP contribution is 2.20. The van der Waals surface area contributed by atoms with Gasteiger partial charge < -0.3 is 14.7 Å². The number of likely N-dealkylation sites (tertiary alicyclic amines) is 1. The van der Waals surface area contributed by atoms with E-state index < -0.39 is 6.04 Å². The lowest BCUT2D eigenvalue weighted by atomic mass is 10.1. The first kappa shape index (κ1) is 20.7. The minimum atomic E-state index is -0.419. The van der Waals surface area contributed by atoms with Gasteiger partial charge >= 0.3 is 5.97 Å². The van der Waals surface area contributed by atoms with Crippen LogP contribution < -0.4 is 0 Å². The summed E-state index contributed by atoms with van der Waals surface area (Å²) in [6, 6.07) is -0.419. The molecular weight excluding hydrogens is 306 g/mol. The van der Waals surface area contributed by atoms with Crippen LogP contribution in [0, 0.1) is 0 Å². The van der Waals surface area contributed by atoms with Crippen LogP contribution in [0.5, 0.6) is 0 Å². The third-order valence-corrected chi connectivity index (χ3v) is 4.39. The van der Waals surface area contributed by atoms with Gasteiger partial charge in [-0.15, -0.1) is 0 Å². The quantitative estimate of drug-likeness (QED) is 0.337. The average Bonchev–Trinajstić information content (AvgIpc) is 3.07. The summed E-state index contributed by atoms with van der Waals surface area (Å²) in [7, 11) is 0. The van der Waals surface area contributed by atoms with E-state index in [2.05, 4.69) is 12.2 Å². The molecule has 0 aromatic heterocycles. The van der Waals surface area contributed by atoms with Crippen molar-refractivity contribution >= 4 is 11.9 Å². The van der Waals surface area contributed by atoms with Crippen molar-refractivity contribution in [3.8, 4) is 0 Å². The summed E-state index contributed by atoms with van der Waals surface area (Å²) < 4.78 is 5.14. The van der Waals surface area contributed by atoms with Crippen LogP contribution in [0.3, 0.4) is 0 Å². The molecule has 1 rings (SSSR count). The van der Waals surface area contributed by atoms with Crippen molar-refractivity contribution in [2.45, 2.75) is 77.2 Å². The molecule has 1 heterocycles. The van der Waals surface area contributed by atoms with Gasteiger partial charge in [-0.3, -0.25) is 4.79 Å². The highest BCUT2D eigenvalue weighted by Gasteiger charge is 2.34. The summed E-state index contributed by atoms with van der Waals surface area (Å²) in [6.45, 7) is 2.93. The summed E-state index contributed by atoms with van der Waals surface area (Å²) in [6.07, 6.45) is 13.5. The number of carbonyl (C=O) groups excluding carboxylic acids is 2. The summed E-state index contributed by atoms with van der Waals surface area (Å²) in [5, 5.41) is 8.73. The first-order chi connectivity index (χ1) is 11.7. The molecule has 0 aromatic rings. The summed E-state index contributed by atoms with van der Waals surface area (Å²) in [5.41, 5.74) is 0. The highest BCUT2D eigenvalue weighted by molar-refractivity contribution is 5.85. The van der Waals surface area contributed by atoms with Gasteiger partial charge in [0.15, 0.2) is 0 Å². The maximum absolute atomic E-state index is 12.3. The Morgan fingerprint density at radius 2 is 1.92 bits per heavy atom. The smallest absolute Gasteiger partial charge is 0.328 e. The zero-order valence-corrected chi connectivity index (χ0v) is 15.0. The van der Waals surface area contributed by atoms with Crippen LogP contribution in [0.25, 0.3) is 0 Å². The van der Waals surface area contributed by atoms with Gasteiger partial charge in [-0.1, -0.05) is 31.4 Å². The van der Waals surface area contributed by atoms with Gasteiger partial charge in [0.2, 0.25) is 5.91 Å². The molecule has 1 aliphatic heterocycles. The second kappa shape index (κ2) is 13.0. The molecule has 0 aromatic carbocycles. The molecule has 0 radical (unpaired) electrons. The normalized spacial score (nSPS) is 17.6. The molecule has 24 heavy (non-hydrogen) atoms. The third kappa shape index (κ3) is 7.95. The SMILES string of the molecule is C/C=C/CCCCCCCC(=O)N1CCCC1C(=O)OCCCO. The highest BCUT2D eigenvalue weighted by atomic mass is 16.5. The first-order valence-corrected chi connectivity index (χ1v) is 9.38. The number of hydrogen-bond donors (Lipinski definition) is 1. The van der Waals surface area contributed by atoms with E-state index in [1.807, 2.05) is 6.92 Å². The molecule has 1 N–H and O–H groups in total. The van der Waals surface area contributed by atoms with Crippen molar-refractivity contribution in [1.29, 1.82) is 0 Å². The fourth-order valence-electron chi connectivity index (χ4n) is 3.02. The zero-order chi connectivity index (χ0) is 17.6. The molecule has 5 heteroatoms. The molecule has 1 atom stereocenters. The summed E-state index contributed by atoms with van der Waals surface area (Å²) >= 11 is 0. The predicted molar refractivity (Wildman–Crippen MR) is 94.5 cm³/mol. The second-order valence-electron chi connectivity index (χ2n) is 6.37. The topological polar surface area (TPSA) is 66.8 Å². The van der Waals surface area contributed by atoms with Crippen molar-refractivity contribution in [3.05, 3.63) is 12.2 Å². The Kier molecular flexibility index (Phi) is 11.2. The molecule has 0 bridgehead atoms. The number of amides is 1. The third-order valence-electron chi connectivity index (χ3n) is 4.39. The average molecular weight is 339 g/mol. The van der Waals surface area contributed by atoms with Crippen molar-refractivity contribution in [2.75, 3.05) is 19.8 Å². The fraction of sp³-hybridized carbons (Fsp3) is 0.789. The number of hydrogen-bond acceptors (Lipinski definition) is 4. The lowest BCUT2D eigenvalue weighted by molar-refractivity contribution is -0.153.